The Morgan fingerprint density at radius 3 is 2.71 bits per heavy atom. The fraction of sp³-hybridized carbons (Fsp3) is 0.900. The molecule has 4 nitrogen and oxygen atoms in total. The molecule has 1 atom stereocenters. The van der Waals surface area contributed by atoms with Gasteiger partial charge >= 0.3 is 0 Å². The molecular formula is C10H18N2O2. The Morgan fingerprint density at radius 1 is 1.57 bits per heavy atom. The highest BCUT2D eigenvalue weighted by Crippen LogP contribution is 2.40. The molecule has 14 heavy (non-hydrogen) atoms. The second kappa shape index (κ2) is 3.51. The highest BCUT2D eigenvalue weighted by molar-refractivity contribution is 5.82. The molecule has 0 aromatic carbocycles. The summed E-state index contributed by atoms with van der Waals surface area (Å²) in [4.78, 5) is 13.7. The van der Waals surface area contributed by atoms with E-state index in [1.807, 2.05) is 0 Å². The lowest BCUT2D eigenvalue weighted by Crippen LogP contribution is -2.60. The van der Waals surface area contributed by atoms with Crippen molar-refractivity contribution in [2.45, 2.75) is 12.8 Å². The number of nitrogens with two attached hydrogens (primary N) is 1. The summed E-state index contributed by atoms with van der Waals surface area (Å²) in [5.74, 6) is 0.219. The number of nitrogens with zero attached hydrogens (tertiary/aromatic N) is 1. The van der Waals surface area contributed by atoms with E-state index in [1.165, 1.54) is 0 Å². The van der Waals surface area contributed by atoms with Gasteiger partial charge in [0.25, 0.3) is 0 Å². The highest BCUT2D eigenvalue weighted by Gasteiger charge is 2.51. The minimum Gasteiger partial charge on any atom is -0.379 e. The summed E-state index contributed by atoms with van der Waals surface area (Å²) in [6, 6.07) is 0. The summed E-state index contributed by atoms with van der Waals surface area (Å²) < 4.78 is 5.17. The molecule has 0 aromatic heterocycles. The molecule has 2 aliphatic rings. The van der Waals surface area contributed by atoms with Crippen LogP contribution in [0.4, 0.5) is 0 Å². The predicted octanol–water partition coefficient (Wildman–Crippen LogP) is -0.170. The maximum Gasteiger partial charge on any atom is 0.228 e. The van der Waals surface area contributed by atoms with Crippen molar-refractivity contribution in [2.75, 3.05) is 33.4 Å². The van der Waals surface area contributed by atoms with Crippen molar-refractivity contribution in [1.82, 2.24) is 4.90 Å². The highest BCUT2D eigenvalue weighted by atomic mass is 16.5. The van der Waals surface area contributed by atoms with Crippen molar-refractivity contribution in [2.24, 2.45) is 17.1 Å². The minimum atomic E-state index is -0.352. The van der Waals surface area contributed by atoms with Gasteiger partial charge in [0.05, 0.1) is 18.6 Å². The Kier molecular flexibility index (Phi) is 2.49. The van der Waals surface area contributed by atoms with E-state index in [0.717, 1.165) is 25.9 Å². The van der Waals surface area contributed by atoms with Crippen LogP contribution in [0.1, 0.15) is 12.8 Å². The van der Waals surface area contributed by atoms with Gasteiger partial charge in [-0.25, -0.2) is 0 Å². The third-order valence-electron chi connectivity index (χ3n) is 3.62. The van der Waals surface area contributed by atoms with E-state index in [1.54, 1.807) is 0 Å². The van der Waals surface area contributed by atoms with Crippen molar-refractivity contribution in [3.05, 3.63) is 0 Å². The zero-order valence-corrected chi connectivity index (χ0v) is 8.66. The van der Waals surface area contributed by atoms with Gasteiger partial charge in [0.2, 0.25) is 5.91 Å². The van der Waals surface area contributed by atoms with E-state index in [9.17, 15) is 4.79 Å². The van der Waals surface area contributed by atoms with E-state index < -0.39 is 0 Å². The number of hydrogen-bond acceptors (Lipinski definition) is 3. The Morgan fingerprint density at radius 2 is 2.29 bits per heavy atom. The summed E-state index contributed by atoms with van der Waals surface area (Å²) in [6.07, 6.45) is 2.27. The van der Waals surface area contributed by atoms with E-state index in [-0.39, 0.29) is 11.3 Å². The van der Waals surface area contributed by atoms with Gasteiger partial charge in [-0.05, 0) is 32.4 Å². The standard InChI is InChI=1S/C10H18N2O2/c1-12-4-2-3-8(5-12)10(9(11)13)6-14-7-10/h8H,2-7H2,1H3,(H2,11,13). The zero-order chi connectivity index (χ0) is 10.2. The second-order valence-electron chi connectivity index (χ2n) is 4.61. The van der Waals surface area contributed by atoms with Crippen LogP contribution in [0.3, 0.4) is 0 Å². The molecule has 1 amide bonds. The lowest BCUT2D eigenvalue weighted by molar-refractivity contribution is -0.176. The quantitative estimate of drug-likeness (QED) is 0.670. The predicted molar refractivity (Wildman–Crippen MR) is 52.7 cm³/mol. The van der Waals surface area contributed by atoms with Crippen LogP contribution in [0.15, 0.2) is 0 Å². The van der Waals surface area contributed by atoms with Crippen molar-refractivity contribution in [1.29, 1.82) is 0 Å². The van der Waals surface area contributed by atoms with Gasteiger partial charge in [0, 0.05) is 6.54 Å². The number of carbonyl (C=O) groups is 1. The SMILES string of the molecule is CN1CCCC(C2(C(N)=O)COC2)C1. The van der Waals surface area contributed by atoms with E-state index in [0.29, 0.717) is 19.1 Å². The van der Waals surface area contributed by atoms with Gasteiger partial charge in [-0.3, -0.25) is 4.79 Å². The average Bonchev–Trinajstić information content (AvgIpc) is 2.00. The van der Waals surface area contributed by atoms with Gasteiger partial charge in [0.1, 0.15) is 0 Å². The molecule has 2 heterocycles. The first-order chi connectivity index (χ1) is 6.65. The molecule has 0 saturated carbocycles. The molecule has 0 aromatic rings. The number of hydrogen-bond donors (Lipinski definition) is 1. The van der Waals surface area contributed by atoms with Gasteiger partial charge < -0.3 is 15.4 Å². The molecule has 1 unspecified atom stereocenters. The number of rotatable bonds is 2. The summed E-state index contributed by atoms with van der Waals surface area (Å²) in [5.41, 5.74) is 5.12. The van der Waals surface area contributed by atoms with Crippen LogP contribution >= 0.6 is 0 Å². The van der Waals surface area contributed by atoms with Crippen LogP contribution in [0.25, 0.3) is 0 Å². The second-order valence-corrected chi connectivity index (χ2v) is 4.61. The zero-order valence-electron chi connectivity index (χ0n) is 8.66. The molecule has 80 valence electrons. The Labute approximate surface area is 84.4 Å². The monoisotopic (exact) mass is 198 g/mol. The smallest absolute Gasteiger partial charge is 0.228 e. The van der Waals surface area contributed by atoms with E-state index >= 15 is 0 Å². The molecule has 2 N–H and O–H groups in total. The van der Waals surface area contributed by atoms with Gasteiger partial charge in [-0.2, -0.15) is 0 Å². The van der Waals surface area contributed by atoms with Gasteiger partial charge in [0.15, 0.2) is 0 Å². The number of carbonyl (C=O) groups excluding carboxylic acids is 1. The molecule has 2 aliphatic heterocycles. The van der Waals surface area contributed by atoms with Gasteiger partial charge in [-0.1, -0.05) is 0 Å². The summed E-state index contributed by atoms with van der Waals surface area (Å²) in [5, 5.41) is 0. The van der Waals surface area contributed by atoms with Crippen LogP contribution in [0, 0.1) is 11.3 Å². The molecular weight excluding hydrogens is 180 g/mol. The number of likely N-dealkylation sites (tertiary alicyclic amines) is 1. The lowest BCUT2D eigenvalue weighted by Gasteiger charge is -2.47. The molecule has 2 saturated heterocycles. The fourth-order valence-electron chi connectivity index (χ4n) is 2.52. The molecule has 0 spiro atoms. The fourth-order valence-corrected chi connectivity index (χ4v) is 2.52. The van der Waals surface area contributed by atoms with Crippen LogP contribution in [-0.4, -0.2) is 44.2 Å². The van der Waals surface area contributed by atoms with Crippen molar-refractivity contribution in [3.63, 3.8) is 0 Å². The van der Waals surface area contributed by atoms with Crippen LogP contribution in [0.2, 0.25) is 0 Å². The molecule has 2 rings (SSSR count). The lowest BCUT2D eigenvalue weighted by atomic mass is 9.69. The first-order valence-electron chi connectivity index (χ1n) is 5.21. The Bertz CT molecular complexity index is 238. The van der Waals surface area contributed by atoms with Crippen molar-refractivity contribution < 1.29 is 9.53 Å². The number of piperidine rings is 1. The third kappa shape index (κ3) is 1.42. The maximum atomic E-state index is 11.4. The normalized spacial score (nSPS) is 32.2. The largest absolute Gasteiger partial charge is 0.379 e. The number of ether oxygens (including phenoxy) is 1. The Balaban J connectivity index is 2.07. The molecule has 2 fully saturated rings. The van der Waals surface area contributed by atoms with Crippen LogP contribution in [-0.2, 0) is 9.53 Å². The molecule has 0 aliphatic carbocycles. The maximum absolute atomic E-state index is 11.4. The van der Waals surface area contributed by atoms with Crippen molar-refractivity contribution >= 4 is 5.91 Å². The number of primary amides is 1. The minimum absolute atomic E-state index is 0.177. The molecule has 0 radical (unpaired) electrons. The van der Waals surface area contributed by atoms with E-state index in [4.69, 9.17) is 10.5 Å². The Hall–Kier alpha value is -0.610. The van der Waals surface area contributed by atoms with E-state index in [2.05, 4.69) is 11.9 Å². The topological polar surface area (TPSA) is 55.6 Å². The molecule has 4 heteroatoms. The van der Waals surface area contributed by atoms with Gasteiger partial charge in [-0.15, -0.1) is 0 Å². The summed E-state index contributed by atoms with van der Waals surface area (Å²) in [7, 11) is 2.10. The number of amides is 1. The summed E-state index contributed by atoms with van der Waals surface area (Å²) in [6.45, 7) is 3.17. The first-order valence-corrected chi connectivity index (χ1v) is 5.21. The summed E-state index contributed by atoms with van der Waals surface area (Å²) >= 11 is 0. The molecule has 0 bridgehead atoms. The van der Waals surface area contributed by atoms with Crippen LogP contribution in [0.5, 0.6) is 0 Å². The average molecular weight is 198 g/mol. The first kappa shape index (κ1) is 9.93. The third-order valence-corrected chi connectivity index (χ3v) is 3.62. The van der Waals surface area contributed by atoms with Crippen LogP contribution < -0.4 is 5.73 Å². The van der Waals surface area contributed by atoms with Crippen molar-refractivity contribution in [3.8, 4) is 0 Å².